The molecule has 0 aromatic carbocycles. The molecule has 0 spiro atoms. The average Bonchev–Trinajstić information content (AvgIpc) is 2.49. The van der Waals surface area contributed by atoms with E-state index in [0.717, 1.165) is 18.5 Å². The molecule has 0 amide bonds. The van der Waals surface area contributed by atoms with Crippen molar-refractivity contribution in [2.24, 2.45) is 0 Å². The van der Waals surface area contributed by atoms with Crippen LogP contribution in [0.3, 0.4) is 0 Å². The van der Waals surface area contributed by atoms with Gasteiger partial charge in [0.1, 0.15) is 0 Å². The molecule has 1 aromatic heterocycles. The van der Waals surface area contributed by atoms with Crippen molar-refractivity contribution in [2.45, 2.75) is 58.9 Å². The minimum Gasteiger partial charge on any atom is -0.381 e. The van der Waals surface area contributed by atoms with E-state index in [9.17, 15) is 0 Å². The highest BCUT2D eigenvalue weighted by Crippen LogP contribution is 2.29. The van der Waals surface area contributed by atoms with Gasteiger partial charge in [-0.2, -0.15) is 0 Å². The number of nitrogens with zero attached hydrogens (tertiary/aromatic N) is 3. The molecule has 0 radical (unpaired) electrons. The van der Waals surface area contributed by atoms with Crippen LogP contribution in [0.4, 0.5) is 5.82 Å². The van der Waals surface area contributed by atoms with Crippen molar-refractivity contribution in [1.82, 2.24) is 15.0 Å². The molecule has 15 heavy (non-hydrogen) atoms. The van der Waals surface area contributed by atoms with Crippen LogP contribution in [0, 0.1) is 0 Å². The zero-order valence-electron chi connectivity index (χ0n) is 10.4. The quantitative estimate of drug-likeness (QED) is 0.834. The molecule has 0 bridgehead atoms. The first kappa shape index (κ1) is 12.0. The maximum atomic E-state index is 5.88. The van der Waals surface area contributed by atoms with Crippen LogP contribution in [-0.4, -0.2) is 15.0 Å². The topological polar surface area (TPSA) is 56.7 Å². The highest BCUT2D eigenvalue weighted by atomic mass is 15.5. The Bertz CT molecular complexity index is 318. The third-order valence-corrected chi connectivity index (χ3v) is 2.72. The number of anilines is 1. The van der Waals surface area contributed by atoms with E-state index in [4.69, 9.17) is 5.73 Å². The summed E-state index contributed by atoms with van der Waals surface area (Å²) >= 11 is 0. The van der Waals surface area contributed by atoms with Crippen LogP contribution in [0.25, 0.3) is 0 Å². The summed E-state index contributed by atoms with van der Waals surface area (Å²) in [6.45, 7) is 10.7. The Hall–Kier alpha value is -1.06. The van der Waals surface area contributed by atoms with Gasteiger partial charge >= 0.3 is 0 Å². The highest BCUT2D eigenvalue weighted by Gasteiger charge is 2.26. The van der Waals surface area contributed by atoms with Crippen LogP contribution in [0.2, 0.25) is 0 Å². The van der Waals surface area contributed by atoms with Gasteiger partial charge in [-0.1, -0.05) is 39.8 Å². The zero-order valence-corrected chi connectivity index (χ0v) is 10.4. The number of hydrogen-bond acceptors (Lipinski definition) is 3. The molecular weight excluding hydrogens is 188 g/mol. The first-order valence-electron chi connectivity index (χ1n) is 5.62. The third kappa shape index (κ3) is 2.30. The first-order valence-corrected chi connectivity index (χ1v) is 5.62. The summed E-state index contributed by atoms with van der Waals surface area (Å²) in [4.78, 5) is 0. The van der Waals surface area contributed by atoms with E-state index < -0.39 is 0 Å². The van der Waals surface area contributed by atoms with Crippen LogP contribution >= 0.6 is 0 Å². The largest absolute Gasteiger partial charge is 0.381 e. The summed E-state index contributed by atoms with van der Waals surface area (Å²) < 4.78 is 2.00. The van der Waals surface area contributed by atoms with Crippen molar-refractivity contribution in [1.29, 1.82) is 0 Å². The van der Waals surface area contributed by atoms with Crippen LogP contribution in [0.15, 0.2) is 0 Å². The molecule has 0 saturated heterocycles. The van der Waals surface area contributed by atoms with Gasteiger partial charge < -0.3 is 5.73 Å². The number of nitrogen functional groups attached to an aromatic ring is 1. The van der Waals surface area contributed by atoms with E-state index in [2.05, 4.69) is 44.9 Å². The molecule has 4 nitrogen and oxygen atoms in total. The molecule has 0 atom stereocenters. The zero-order chi connectivity index (χ0) is 11.6. The van der Waals surface area contributed by atoms with Gasteiger partial charge in [-0.05, 0) is 12.8 Å². The molecule has 1 rings (SSSR count). The minimum absolute atomic E-state index is 0.00380. The molecule has 4 heteroatoms. The molecule has 0 fully saturated rings. The maximum absolute atomic E-state index is 5.88. The van der Waals surface area contributed by atoms with Gasteiger partial charge in [-0.25, -0.2) is 4.68 Å². The van der Waals surface area contributed by atoms with Crippen LogP contribution in [-0.2, 0) is 5.41 Å². The Kier molecular flexibility index (Phi) is 3.37. The van der Waals surface area contributed by atoms with E-state index in [-0.39, 0.29) is 5.41 Å². The summed E-state index contributed by atoms with van der Waals surface area (Å²) in [7, 11) is 0. The van der Waals surface area contributed by atoms with Gasteiger partial charge in [0.15, 0.2) is 5.82 Å². The normalized spacial score (nSPS) is 12.4. The fraction of sp³-hybridized carbons (Fsp3) is 0.818. The summed E-state index contributed by atoms with van der Waals surface area (Å²) in [6, 6.07) is 0.407. The molecule has 1 heterocycles. The summed E-state index contributed by atoms with van der Waals surface area (Å²) in [5.41, 5.74) is 6.93. The monoisotopic (exact) mass is 210 g/mol. The molecular formula is C11H22N4. The van der Waals surface area contributed by atoms with Gasteiger partial charge in [0.05, 0.1) is 11.7 Å². The van der Waals surface area contributed by atoms with Gasteiger partial charge in [-0.3, -0.25) is 0 Å². The van der Waals surface area contributed by atoms with Crippen molar-refractivity contribution in [3.8, 4) is 0 Å². The Morgan fingerprint density at radius 2 is 1.80 bits per heavy atom. The Labute approximate surface area is 91.9 Å². The number of aromatic nitrogens is 3. The standard InChI is InChI=1S/C11H22N4/c1-6-8(7-2)15-9(11(3,4)5)10(12)13-14-15/h8H,6-7,12H2,1-5H3. The molecule has 86 valence electrons. The van der Waals surface area contributed by atoms with E-state index in [1.165, 1.54) is 0 Å². The summed E-state index contributed by atoms with van der Waals surface area (Å²) in [5, 5.41) is 8.16. The Morgan fingerprint density at radius 3 is 2.20 bits per heavy atom. The second-order valence-electron chi connectivity index (χ2n) is 4.99. The van der Waals surface area contributed by atoms with Gasteiger partial charge in [0.2, 0.25) is 0 Å². The molecule has 2 N–H and O–H groups in total. The molecule has 1 aromatic rings. The van der Waals surface area contributed by atoms with Gasteiger partial charge in [0, 0.05) is 5.41 Å². The summed E-state index contributed by atoms with van der Waals surface area (Å²) in [6.07, 6.45) is 2.12. The van der Waals surface area contributed by atoms with Crippen molar-refractivity contribution in [3.05, 3.63) is 5.69 Å². The number of hydrogen-bond donors (Lipinski definition) is 1. The highest BCUT2D eigenvalue weighted by molar-refractivity contribution is 5.38. The lowest BCUT2D eigenvalue weighted by molar-refractivity contribution is 0.378. The van der Waals surface area contributed by atoms with Crippen molar-refractivity contribution in [2.75, 3.05) is 5.73 Å². The van der Waals surface area contributed by atoms with Crippen molar-refractivity contribution < 1.29 is 0 Å². The molecule has 0 unspecified atom stereocenters. The van der Waals surface area contributed by atoms with E-state index >= 15 is 0 Å². The van der Waals surface area contributed by atoms with Crippen LogP contribution in [0.1, 0.15) is 59.2 Å². The van der Waals surface area contributed by atoms with Crippen molar-refractivity contribution in [3.63, 3.8) is 0 Å². The van der Waals surface area contributed by atoms with Crippen LogP contribution in [0.5, 0.6) is 0 Å². The summed E-state index contributed by atoms with van der Waals surface area (Å²) in [5.74, 6) is 0.564. The number of nitrogens with two attached hydrogens (primary N) is 1. The van der Waals surface area contributed by atoms with Crippen LogP contribution < -0.4 is 5.73 Å². The average molecular weight is 210 g/mol. The molecule has 0 aliphatic rings. The predicted molar refractivity (Wildman–Crippen MR) is 62.8 cm³/mol. The smallest absolute Gasteiger partial charge is 0.169 e. The van der Waals surface area contributed by atoms with E-state index in [1.54, 1.807) is 0 Å². The first-order chi connectivity index (χ1) is 6.91. The lowest BCUT2D eigenvalue weighted by atomic mass is 9.91. The Morgan fingerprint density at radius 1 is 1.27 bits per heavy atom. The molecule has 0 aliphatic carbocycles. The molecule has 0 aliphatic heterocycles. The lowest BCUT2D eigenvalue weighted by Gasteiger charge is -2.24. The van der Waals surface area contributed by atoms with E-state index in [1.807, 2.05) is 4.68 Å². The number of rotatable bonds is 3. The predicted octanol–water partition coefficient (Wildman–Crippen LogP) is 2.52. The lowest BCUT2D eigenvalue weighted by Crippen LogP contribution is -2.22. The Balaban J connectivity index is 3.19. The second kappa shape index (κ2) is 4.21. The SMILES string of the molecule is CCC(CC)n1nnc(N)c1C(C)(C)C. The maximum Gasteiger partial charge on any atom is 0.169 e. The van der Waals surface area contributed by atoms with Gasteiger partial charge in [-0.15, -0.1) is 5.10 Å². The van der Waals surface area contributed by atoms with Gasteiger partial charge in [0.25, 0.3) is 0 Å². The fourth-order valence-corrected chi connectivity index (χ4v) is 1.92. The second-order valence-corrected chi connectivity index (χ2v) is 4.99. The molecule has 0 saturated carbocycles. The van der Waals surface area contributed by atoms with E-state index in [0.29, 0.717) is 11.9 Å². The third-order valence-electron chi connectivity index (χ3n) is 2.72. The minimum atomic E-state index is -0.00380. The fourth-order valence-electron chi connectivity index (χ4n) is 1.92. The van der Waals surface area contributed by atoms with Crippen molar-refractivity contribution >= 4 is 5.82 Å².